The zero-order valence-corrected chi connectivity index (χ0v) is 6.32. The van der Waals surface area contributed by atoms with E-state index in [4.69, 9.17) is 11.6 Å². The van der Waals surface area contributed by atoms with E-state index in [2.05, 4.69) is 0 Å². The number of Topliss-reactive ketones (excluding diaryl/α,β-unsaturated/α-hetero) is 1. The number of carbonyl (C=O) groups is 1. The fraction of sp³-hybridized carbons (Fsp3) is 0.857. The maximum Gasteiger partial charge on any atom is 0.153 e. The second-order valence-electron chi connectivity index (χ2n) is 2.65. The molecule has 1 aliphatic carbocycles. The van der Waals surface area contributed by atoms with Crippen LogP contribution in [0.3, 0.4) is 0 Å². The number of alkyl halides is 1. The van der Waals surface area contributed by atoms with Crippen molar-refractivity contribution in [2.24, 2.45) is 5.92 Å². The maximum absolute atomic E-state index is 11.0. The number of carbonyl (C=O) groups excluding carboxylic acids is 1. The molecule has 1 rings (SSSR count). The van der Waals surface area contributed by atoms with Crippen molar-refractivity contribution in [2.75, 3.05) is 0 Å². The van der Waals surface area contributed by atoms with Gasteiger partial charge in [-0.25, -0.2) is 0 Å². The summed E-state index contributed by atoms with van der Waals surface area (Å²) in [5.74, 6) is 0.542. The highest BCUT2D eigenvalue weighted by Crippen LogP contribution is 2.28. The van der Waals surface area contributed by atoms with E-state index < -0.39 is 0 Å². The molecule has 0 radical (unpaired) electrons. The molecule has 0 amide bonds. The second-order valence-corrected chi connectivity index (χ2v) is 3.30. The summed E-state index contributed by atoms with van der Waals surface area (Å²) in [6, 6.07) is 0. The molecule has 1 atom stereocenters. The van der Waals surface area contributed by atoms with Gasteiger partial charge in [-0.2, -0.15) is 0 Å². The summed E-state index contributed by atoms with van der Waals surface area (Å²) in [6.45, 7) is 1.75. The third kappa shape index (κ3) is 1.45. The van der Waals surface area contributed by atoms with Crippen molar-refractivity contribution in [2.45, 2.75) is 31.6 Å². The van der Waals surface area contributed by atoms with Gasteiger partial charge in [-0.05, 0) is 19.8 Å². The number of rotatable bonds is 2. The average molecular weight is 147 g/mol. The third-order valence-corrected chi connectivity index (χ3v) is 2.11. The molecule has 0 spiro atoms. The molecular formula is C7H11ClO. The third-order valence-electron chi connectivity index (χ3n) is 1.90. The SMILES string of the molecule is CC(Cl)C(=O)C1CCC1. The summed E-state index contributed by atoms with van der Waals surface area (Å²) in [5.41, 5.74) is 0. The first-order chi connectivity index (χ1) is 4.22. The summed E-state index contributed by atoms with van der Waals surface area (Å²) in [7, 11) is 0. The van der Waals surface area contributed by atoms with Crippen LogP contribution in [0.15, 0.2) is 0 Å². The van der Waals surface area contributed by atoms with E-state index >= 15 is 0 Å². The molecule has 2 heteroatoms. The van der Waals surface area contributed by atoms with Crippen LogP contribution in [0.1, 0.15) is 26.2 Å². The van der Waals surface area contributed by atoms with Crippen molar-refractivity contribution in [3.8, 4) is 0 Å². The molecule has 0 N–H and O–H groups in total. The van der Waals surface area contributed by atoms with E-state index in [1.165, 1.54) is 6.42 Å². The minimum absolute atomic E-state index is 0.239. The lowest BCUT2D eigenvalue weighted by atomic mass is 9.81. The van der Waals surface area contributed by atoms with Crippen LogP contribution in [-0.4, -0.2) is 11.2 Å². The molecule has 1 saturated carbocycles. The number of hydrogen-bond donors (Lipinski definition) is 0. The van der Waals surface area contributed by atoms with Gasteiger partial charge in [0.15, 0.2) is 5.78 Å². The Morgan fingerprint density at radius 1 is 1.67 bits per heavy atom. The van der Waals surface area contributed by atoms with Crippen LogP contribution in [0, 0.1) is 5.92 Å². The number of hydrogen-bond acceptors (Lipinski definition) is 1. The van der Waals surface area contributed by atoms with Gasteiger partial charge in [-0.15, -0.1) is 11.6 Å². The van der Waals surface area contributed by atoms with E-state index in [9.17, 15) is 4.79 Å². The monoisotopic (exact) mass is 146 g/mol. The highest BCUT2D eigenvalue weighted by Gasteiger charge is 2.27. The Labute approximate surface area is 60.4 Å². The minimum Gasteiger partial charge on any atom is -0.298 e. The fourth-order valence-corrected chi connectivity index (χ4v) is 1.20. The highest BCUT2D eigenvalue weighted by atomic mass is 35.5. The van der Waals surface area contributed by atoms with E-state index in [0.717, 1.165) is 12.8 Å². The van der Waals surface area contributed by atoms with Gasteiger partial charge in [0, 0.05) is 5.92 Å². The van der Waals surface area contributed by atoms with Gasteiger partial charge in [0.2, 0.25) is 0 Å². The highest BCUT2D eigenvalue weighted by molar-refractivity contribution is 6.31. The molecular weight excluding hydrogens is 136 g/mol. The van der Waals surface area contributed by atoms with Crippen LogP contribution in [0.4, 0.5) is 0 Å². The lowest BCUT2D eigenvalue weighted by Crippen LogP contribution is -2.27. The molecule has 1 fully saturated rings. The molecule has 52 valence electrons. The van der Waals surface area contributed by atoms with Crippen LogP contribution >= 0.6 is 11.6 Å². The zero-order chi connectivity index (χ0) is 6.85. The van der Waals surface area contributed by atoms with Crippen molar-refractivity contribution in [1.29, 1.82) is 0 Å². The van der Waals surface area contributed by atoms with E-state index in [-0.39, 0.29) is 11.2 Å². The first-order valence-corrected chi connectivity index (χ1v) is 3.83. The van der Waals surface area contributed by atoms with Crippen molar-refractivity contribution in [1.82, 2.24) is 0 Å². The summed E-state index contributed by atoms with van der Waals surface area (Å²) in [4.78, 5) is 11.0. The van der Waals surface area contributed by atoms with Crippen molar-refractivity contribution < 1.29 is 4.79 Å². The van der Waals surface area contributed by atoms with Gasteiger partial charge >= 0.3 is 0 Å². The molecule has 1 aliphatic rings. The molecule has 0 bridgehead atoms. The fourth-order valence-electron chi connectivity index (χ4n) is 1.02. The Kier molecular flexibility index (Phi) is 2.12. The minimum atomic E-state index is -0.268. The molecule has 1 nitrogen and oxygen atoms in total. The van der Waals surface area contributed by atoms with Crippen LogP contribution in [0.5, 0.6) is 0 Å². The molecule has 0 heterocycles. The molecule has 1 unspecified atom stereocenters. The van der Waals surface area contributed by atoms with Gasteiger partial charge in [0.05, 0.1) is 5.38 Å². The van der Waals surface area contributed by atoms with E-state index in [1.807, 2.05) is 0 Å². The lowest BCUT2D eigenvalue weighted by Gasteiger charge is -2.24. The van der Waals surface area contributed by atoms with Gasteiger partial charge in [-0.1, -0.05) is 6.42 Å². The summed E-state index contributed by atoms with van der Waals surface area (Å²) in [6.07, 6.45) is 3.34. The first kappa shape index (κ1) is 7.07. The van der Waals surface area contributed by atoms with Gasteiger partial charge in [0.1, 0.15) is 0 Å². The standard InChI is InChI=1S/C7H11ClO/c1-5(8)7(9)6-3-2-4-6/h5-6H,2-4H2,1H3. The summed E-state index contributed by atoms with van der Waals surface area (Å²) >= 11 is 5.59. The average Bonchev–Trinajstić information content (AvgIpc) is 1.60. The zero-order valence-electron chi connectivity index (χ0n) is 5.56. The smallest absolute Gasteiger partial charge is 0.153 e. The van der Waals surface area contributed by atoms with Gasteiger partial charge in [0.25, 0.3) is 0 Å². The van der Waals surface area contributed by atoms with Gasteiger partial charge < -0.3 is 0 Å². The van der Waals surface area contributed by atoms with Crippen LogP contribution < -0.4 is 0 Å². The van der Waals surface area contributed by atoms with Crippen molar-refractivity contribution in [3.05, 3.63) is 0 Å². The Hall–Kier alpha value is -0.0400. The van der Waals surface area contributed by atoms with Crippen LogP contribution in [0.25, 0.3) is 0 Å². The van der Waals surface area contributed by atoms with Crippen LogP contribution in [0.2, 0.25) is 0 Å². The Morgan fingerprint density at radius 3 is 2.33 bits per heavy atom. The summed E-state index contributed by atoms with van der Waals surface area (Å²) < 4.78 is 0. The lowest BCUT2D eigenvalue weighted by molar-refractivity contribution is -0.124. The first-order valence-electron chi connectivity index (χ1n) is 3.39. The quantitative estimate of drug-likeness (QED) is 0.545. The van der Waals surface area contributed by atoms with Crippen molar-refractivity contribution >= 4 is 17.4 Å². The normalized spacial score (nSPS) is 22.9. The van der Waals surface area contributed by atoms with Crippen LogP contribution in [-0.2, 0) is 4.79 Å². The van der Waals surface area contributed by atoms with E-state index in [1.54, 1.807) is 6.92 Å². The molecule has 0 aromatic rings. The largest absolute Gasteiger partial charge is 0.298 e. The predicted molar refractivity (Wildman–Crippen MR) is 37.7 cm³/mol. The van der Waals surface area contributed by atoms with E-state index in [0.29, 0.717) is 5.92 Å². The van der Waals surface area contributed by atoms with Gasteiger partial charge in [-0.3, -0.25) is 4.79 Å². The Morgan fingerprint density at radius 2 is 2.22 bits per heavy atom. The topological polar surface area (TPSA) is 17.1 Å². The Bertz CT molecular complexity index is 116. The second kappa shape index (κ2) is 2.70. The maximum atomic E-state index is 11.0. The molecule has 0 saturated heterocycles. The Balaban J connectivity index is 2.32. The number of halogens is 1. The molecule has 0 aromatic carbocycles. The van der Waals surface area contributed by atoms with Crippen molar-refractivity contribution in [3.63, 3.8) is 0 Å². The molecule has 0 aliphatic heterocycles. The number of ketones is 1. The summed E-state index contributed by atoms with van der Waals surface area (Å²) in [5, 5.41) is -0.268. The predicted octanol–water partition coefficient (Wildman–Crippen LogP) is 1.98. The molecule has 9 heavy (non-hydrogen) atoms. The molecule has 0 aromatic heterocycles.